The Bertz CT molecular complexity index is 623. The van der Waals surface area contributed by atoms with Gasteiger partial charge in [-0.25, -0.2) is 9.50 Å². The Morgan fingerprint density at radius 1 is 1.29 bits per heavy atom. The fourth-order valence-corrected chi connectivity index (χ4v) is 2.82. The molecular weight excluding hydrogens is 345 g/mol. The summed E-state index contributed by atoms with van der Waals surface area (Å²) in [7, 11) is 0. The van der Waals surface area contributed by atoms with Crippen LogP contribution >= 0.6 is 33.9 Å². The summed E-state index contributed by atoms with van der Waals surface area (Å²) in [6.45, 7) is 2.11. The molecule has 1 aromatic carbocycles. The summed E-state index contributed by atoms with van der Waals surface area (Å²) in [5, 5.41) is 5.59. The standard InChI is InChI=1S/C12H10IN3S/c1-2-11-15-16-7-10(14-12(16)17-11)8-3-5-9(13)6-4-8/h3-7H,2H2,1H3. The molecule has 2 aromatic heterocycles. The van der Waals surface area contributed by atoms with Crippen LogP contribution in [0.5, 0.6) is 0 Å². The first-order valence-corrected chi connectivity index (χ1v) is 7.27. The summed E-state index contributed by atoms with van der Waals surface area (Å²) in [5.74, 6) is 0. The molecule has 3 aromatic rings. The zero-order valence-corrected chi connectivity index (χ0v) is 12.2. The van der Waals surface area contributed by atoms with E-state index < -0.39 is 0 Å². The largest absolute Gasteiger partial charge is 0.217 e. The van der Waals surface area contributed by atoms with E-state index in [1.807, 2.05) is 10.7 Å². The number of imidazole rings is 1. The molecule has 0 saturated carbocycles. The second kappa shape index (κ2) is 4.38. The third kappa shape index (κ3) is 2.09. The summed E-state index contributed by atoms with van der Waals surface area (Å²) in [5.41, 5.74) is 2.13. The molecule has 0 fully saturated rings. The lowest BCUT2D eigenvalue weighted by Crippen LogP contribution is -1.83. The molecule has 3 rings (SSSR count). The van der Waals surface area contributed by atoms with Crippen LogP contribution < -0.4 is 0 Å². The average molecular weight is 355 g/mol. The molecule has 0 N–H and O–H groups in total. The van der Waals surface area contributed by atoms with E-state index in [4.69, 9.17) is 0 Å². The molecule has 0 amide bonds. The number of aromatic nitrogens is 3. The lowest BCUT2D eigenvalue weighted by molar-refractivity contribution is 0.910. The summed E-state index contributed by atoms with van der Waals surface area (Å²) in [6, 6.07) is 8.37. The van der Waals surface area contributed by atoms with Crippen LogP contribution in [-0.2, 0) is 6.42 Å². The predicted octanol–water partition coefficient (Wildman–Crippen LogP) is 3.62. The third-order valence-electron chi connectivity index (χ3n) is 2.53. The van der Waals surface area contributed by atoms with Crippen molar-refractivity contribution in [3.05, 3.63) is 39.0 Å². The fraction of sp³-hybridized carbons (Fsp3) is 0.167. The first-order valence-electron chi connectivity index (χ1n) is 5.37. The smallest absolute Gasteiger partial charge is 0.212 e. The van der Waals surface area contributed by atoms with E-state index in [-0.39, 0.29) is 0 Å². The number of rotatable bonds is 2. The van der Waals surface area contributed by atoms with Crippen molar-refractivity contribution in [1.82, 2.24) is 14.6 Å². The summed E-state index contributed by atoms with van der Waals surface area (Å²) < 4.78 is 3.11. The zero-order chi connectivity index (χ0) is 11.8. The molecule has 2 heterocycles. The van der Waals surface area contributed by atoms with Crippen molar-refractivity contribution < 1.29 is 0 Å². The maximum atomic E-state index is 4.60. The van der Waals surface area contributed by atoms with E-state index in [1.165, 1.54) is 3.57 Å². The molecule has 0 aliphatic rings. The first kappa shape index (κ1) is 11.2. The Balaban J connectivity index is 2.06. The van der Waals surface area contributed by atoms with Gasteiger partial charge in [-0.3, -0.25) is 0 Å². The molecule has 0 aliphatic carbocycles. The van der Waals surface area contributed by atoms with Gasteiger partial charge in [0.05, 0.1) is 11.9 Å². The van der Waals surface area contributed by atoms with Gasteiger partial charge in [-0.2, -0.15) is 5.10 Å². The maximum absolute atomic E-state index is 4.60. The van der Waals surface area contributed by atoms with Crippen LogP contribution in [0.4, 0.5) is 0 Å². The number of halogens is 1. The summed E-state index contributed by atoms with van der Waals surface area (Å²) >= 11 is 3.96. The number of aryl methyl sites for hydroxylation is 1. The monoisotopic (exact) mass is 355 g/mol. The molecule has 86 valence electrons. The minimum atomic E-state index is 0.965. The first-order chi connectivity index (χ1) is 8.26. The van der Waals surface area contributed by atoms with Crippen LogP contribution in [0.2, 0.25) is 0 Å². The van der Waals surface area contributed by atoms with Gasteiger partial charge >= 0.3 is 0 Å². The average Bonchev–Trinajstić information content (AvgIpc) is 2.87. The topological polar surface area (TPSA) is 30.2 Å². The van der Waals surface area contributed by atoms with Gasteiger partial charge in [0.25, 0.3) is 0 Å². The van der Waals surface area contributed by atoms with E-state index in [9.17, 15) is 0 Å². The maximum Gasteiger partial charge on any atom is 0.212 e. The number of hydrogen-bond acceptors (Lipinski definition) is 3. The Morgan fingerprint density at radius 3 is 2.71 bits per heavy atom. The van der Waals surface area contributed by atoms with E-state index in [2.05, 4.69) is 63.9 Å². The SMILES string of the molecule is CCc1nn2cc(-c3ccc(I)cc3)nc2s1. The van der Waals surface area contributed by atoms with Crippen LogP contribution in [0.15, 0.2) is 30.5 Å². The molecule has 0 unspecified atom stereocenters. The van der Waals surface area contributed by atoms with Crippen LogP contribution in [0.1, 0.15) is 11.9 Å². The van der Waals surface area contributed by atoms with Crippen LogP contribution in [0.3, 0.4) is 0 Å². The highest BCUT2D eigenvalue weighted by Crippen LogP contribution is 2.23. The van der Waals surface area contributed by atoms with Gasteiger partial charge in [0.2, 0.25) is 4.96 Å². The highest BCUT2D eigenvalue weighted by Gasteiger charge is 2.08. The second-order valence-corrected chi connectivity index (χ2v) is 6.00. The number of nitrogens with zero attached hydrogens (tertiary/aromatic N) is 3. The minimum absolute atomic E-state index is 0.965. The molecule has 0 spiro atoms. The Kier molecular flexibility index (Phi) is 2.87. The van der Waals surface area contributed by atoms with Crippen molar-refractivity contribution in [2.45, 2.75) is 13.3 Å². The van der Waals surface area contributed by atoms with E-state index in [0.29, 0.717) is 0 Å². The van der Waals surface area contributed by atoms with Gasteiger partial charge in [-0.1, -0.05) is 30.4 Å². The zero-order valence-electron chi connectivity index (χ0n) is 9.22. The molecule has 17 heavy (non-hydrogen) atoms. The molecule has 0 aliphatic heterocycles. The fourth-order valence-electron chi connectivity index (χ4n) is 1.64. The molecule has 0 atom stereocenters. The van der Waals surface area contributed by atoms with Crippen molar-refractivity contribution in [3.63, 3.8) is 0 Å². The van der Waals surface area contributed by atoms with Crippen molar-refractivity contribution in [2.24, 2.45) is 0 Å². The number of hydrogen-bond donors (Lipinski definition) is 0. The van der Waals surface area contributed by atoms with Crippen molar-refractivity contribution in [1.29, 1.82) is 0 Å². The highest BCUT2D eigenvalue weighted by atomic mass is 127. The molecule has 0 saturated heterocycles. The lowest BCUT2D eigenvalue weighted by Gasteiger charge is -1.95. The van der Waals surface area contributed by atoms with Gasteiger partial charge in [0.1, 0.15) is 5.01 Å². The highest BCUT2D eigenvalue weighted by molar-refractivity contribution is 14.1. The van der Waals surface area contributed by atoms with Crippen LogP contribution in [0, 0.1) is 3.57 Å². The Hall–Kier alpha value is -0.950. The number of benzene rings is 1. The van der Waals surface area contributed by atoms with Crippen molar-refractivity contribution in [3.8, 4) is 11.3 Å². The summed E-state index contributed by atoms with van der Waals surface area (Å²) in [4.78, 5) is 5.57. The van der Waals surface area contributed by atoms with E-state index >= 15 is 0 Å². The Labute approximate surface area is 117 Å². The normalized spacial score (nSPS) is 11.2. The molecule has 0 bridgehead atoms. The van der Waals surface area contributed by atoms with Gasteiger partial charge in [0.15, 0.2) is 0 Å². The second-order valence-electron chi connectivity index (χ2n) is 3.71. The van der Waals surface area contributed by atoms with Crippen molar-refractivity contribution in [2.75, 3.05) is 0 Å². The van der Waals surface area contributed by atoms with Gasteiger partial charge in [-0.15, -0.1) is 0 Å². The molecule has 0 radical (unpaired) electrons. The Morgan fingerprint density at radius 2 is 2.06 bits per heavy atom. The molecule has 3 nitrogen and oxygen atoms in total. The van der Waals surface area contributed by atoms with E-state index in [1.54, 1.807) is 11.3 Å². The van der Waals surface area contributed by atoms with Crippen LogP contribution in [-0.4, -0.2) is 14.6 Å². The lowest BCUT2D eigenvalue weighted by atomic mass is 10.2. The minimum Gasteiger partial charge on any atom is -0.217 e. The number of fused-ring (bicyclic) bond motifs is 1. The molecular formula is C12H10IN3S. The van der Waals surface area contributed by atoms with Crippen LogP contribution in [0.25, 0.3) is 16.2 Å². The van der Waals surface area contributed by atoms with Gasteiger partial charge < -0.3 is 0 Å². The third-order valence-corrected chi connectivity index (χ3v) is 4.31. The quantitative estimate of drug-likeness (QED) is 0.658. The predicted molar refractivity (Wildman–Crippen MR) is 78.4 cm³/mol. The van der Waals surface area contributed by atoms with Gasteiger partial charge in [0, 0.05) is 9.13 Å². The van der Waals surface area contributed by atoms with Gasteiger partial charge in [-0.05, 0) is 41.1 Å². The van der Waals surface area contributed by atoms with Crippen molar-refractivity contribution >= 4 is 38.9 Å². The van der Waals surface area contributed by atoms with E-state index in [0.717, 1.165) is 27.6 Å². The summed E-state index contributed by atoms with van der Waals surface area (Å²) in [6.07, 6.45) is 2.96. The molecule has 5 heteroatoms.